The second-order valence-electron chi connectivity index (χ2n) is 4.94. The molecule has 2 unspecified atom stereocenters. The molecule has 1 fully saturated rings. The van der Waals surface area contributed by atoms with Crippen LogP contribution in [0.25, 0.3) is 0 Å². The van der Waals surface area contributed by atoms with E-state index >= 15 is 0 Å². The molecule has 16 heavy (non-hydrogen) atoms. The van der Waals surface area contributed by atoms with E-state index in [2.05, 4.69) is 4.90 Å². The van der Waals surface area contributed by atoms with Crippen molar-refractivity contribution in [3.8, 4) is 0 Å². The number of fused-ring (bicyclic) bond motifs is 1. The van der Waals surface area contributed by atoms with E-state index < -0.39 is 0 Å². The fourth-order valence-electron chi connectivity index (χ4n) is 3.03. The molecule has 1 saturated carbocycles. The van der Waals surface area contributed by atoms with Gasteiger partial charge >= 0.3 is 0 Å². The van der Waals surface area contributed by atoms with Crippen LogP contribution in [0, 0.1) is 5.82 Å². The van der Waals surface area contributed by atoms with Crippen molar-refractivity contribution in [2.24, 2.45) is 5.73 Å². The van der Waals surface area contributed by atoms with Crippen molar-refractivity contribution in [3.63, 3.8) is 0 Å². The lowest BCUT2D eigenvalue weighted by Gasteiger charge is -2.27. The Hall–Kier alpha value is -1.09. The third-order valence-corrected chi connectivity index (χ3v) is 3.87. The molecule has 2 nitrogen and oxygen atoms in total. The minimum atomic E-state index is -0.132. The number of nitrogens with two attached hydrogens (primary N) is 1. The van der Waals surface area contributed by atoms with E-state index in [4.69, 9.17) is 5.73 Å². The minimum absolute atomic E-state index is 0.132. The van der Waals surface area contributed by atoms with Crippen LogP contribution in [0.2, 0.25) is 0 Å². The molecule has 0 bridgehead atoms. The van der Waals surface area contributed by atoms with Crippen LogP contribution in [0.3, 0.4) is 0 Å². The highest BCUT2D eigenvalue weighted by atomic mass is 19.1. The molecular formula is C13H17FN2. The summed E-state index contributed by atoms with van der Waals surface area (Å²) in [4.78, 5) is 2.35. The summed E-state index contributed by atoms with van der Waals surface area (Å²) in [5.41, 5.74) is 8.32. The van der Waals surface area contributed by atoms with Crippen molar-refractivity contribution in [2.45, 2.75) is 37.8 Å². The Kier molecular flexibility index (Phi) is 2.36. The number of hydrogen-bond acceptors (Lipinski definition) is 2. The van der Waals surface area contributed by atoms with Gasteiger partial charge in [-0.25, -0.2) is 4.39 Å². The van der Waals surface area contributed by atoms with Crippen LogP contribution in [-0.4, -0.2) is 18.6 Å². The van der Waals surface area contributed by atoms with Crippen LogP contribution >= 0.6 is 0 Å². The first kappa shape index (κ1) is 10.1. The molecule has 1 aromatic carbocycles. The zero-order valence-corrected chi connectivity index (χ0v) is 9.32. The molecule has 2 N–H and O–H groups in total. The van der Waals surface area contributed by atoms with Crippen LogP contribution < -0.4 is 10.6 Å². The Morgan fingerprint density at radius 3 is 2.94 bits per heavy atom. The van der Waals surface area contributed by atoms with Crippen molar-refractivity contribution in [1.82, 2.24) is 0 Å². The van der Waals surface area contributed by atoms with Crippen molar-refractivity contribution in [3.05, 3.63) is 29.6 Å². The Bertz CT molecular complexity index is 405. The van der Waals surface area contributed by atoms with Gasteiger partial charge < -0.3 is 10.6 Å². The van der Waals surface area contributed by atoms with Gasteiger partial charge in [0, 0.05) is 24.3 Å². The summed E-state index contributed by atoms with van der Waals surface area (Å²) < 4.78 is 13.2. The molecule has 2 atom stereocenters. The Labute approximate surface area is 95.2 Å². The van der Waals surface area contributed by atoms with Gasteiger partial charge in [-0.3, -0.25) is 0 Å². The molecule has 3 heteroatoms. The third-order valence-electron chi connectivity index (χ3n) is 3.87. The van der Waals surface area contributed by atoms with Gasteiger partial charge in [-0.2, -0.15) is 0 Å². The fourth-order valence-corrected chi connectivity index (χ4v) is 3.03. The molecule has 1 aromatic rings. The second kappa shape index (κ2) is 3.74. The first-order valence-electron chi connectivity index (χ1n) is 6.04. The lowest BCUT2D eigenvalue weighted by atomic mass is 10.1. The molecule has 0 radical (unpaired) electrons. The zero-order chi connectivity index (χ0) is 11.1. The summed E-state index contributed by atoms with van der Waals surface area (Å²) in [6.45, 7) is 1.02. The number of anilines is 1. The molecule has 1 aliphatic carbocycles. The van der Waals surface area contributed by atoms with Gasteiger partial charge in [-0.05, 0) is 43.4 Å². The zero-order valence-electron chi connectivity index (χ0n) is 9.32. The van der Waals surface area contributed by atoms with Crippen LogP contribution in [0.4, 0.5) is 10.1 Å². The average Bonchev–Trinajstić information content (AvgIpc) is 2.83. The van der Waals surface area contributed by atoms with Gasteiger partial charge in [0.05, 0.1) is 0 Å². The quantitative estimate of drug-likeness (QED) is 0.785. The Morgan fingerprint density at radius 2 is 2.19 bits per heavy atom. The third kappa shape index (κ3) is 1.59. The van der Waals surface area contributed by atoms with Crippen molar-refractivity contribution in [2.75, 3.05) is 11.4 Å². The van der Waals surface area contributed by atoms with Crippen LogP contribution in [0.1, 0.15) is 24.8 Å². The van der Waals surface area contributed by atoms with E-state index in [-0.39, 0.29) is 5.82 Å². The first-order chi connectivity index (χ1) is 7.74. The van der Waals surface area contributed by atoms with Crippen molar-refractivity contribution < 1.29 is 4.39 Å². The fraction of sp³-hybridized carbons (Fsp3) is 0.538. The van der Waals surface area contributed by atoms with Gasteiger partial charge in [0.15, 0.2) is 0 Å². The van der Waals surface area contributed by atoms with E-state index in [9.17, 15) is 4.39 Å². The molecule has 1 heterocycles. The van der Waals surface area contributed by atoms with Crippen molar-refractivity contribution in [1.29, 1.82) is 0 Å². The van der Waals surface area contributed by atoms with Crippen LogP contribution in [0.15, 0.2) is 18.2 Å². The molecule has 0 spiro atoms. The van der Waals surface area contributed by atoms with Gasteiger partial charge in [0.1, 0.15) is 5.82 Å². The largest absolute Gasteiger partial charge is 0.368 e. The maximum absolute atomic E-state index is 13.2. The summed E-state index contributed by atoms with van der Waals surface area (Å²) >= 11 is 0. The second-order valence-corrected chi connectivity index (χ2v) is 4.94. The molecule has 2 aliphatic rings. The van der Waals surface area contributed by atoms with Gasteiger partial charge in [-0.1, -0.05) is 6.07 Å². The topological polar surface area (TPSA) is 29.3 Å². The SMILES string of the molecule is NC1CCC(N2CCc3ccc(F)cc32)C1. The number of halogens is 1. The summed E-state index contributed by atoms with van der Waals surface area (Å²) in [6, 6.07) is 6.01. The predicted octanol–water partition coefficient (Wildman–Crippen LogP) is 2.07. The van der Waals surface area contributed by atoms with Gasteiger partial charge in [-0.15, -0.1) is 0 Å². The maximum Gasteiger partial charge on any atom is 0.125 e. The molecule has 0 amide bonds. The lowest BCUT2D eigenvalue weighted by Crippen LogP contribution is -2.33. The monoisotopic (exact) mass is 220 g/mol. The van der Waals surface area contributed by atoms with E-state index in [0.717, 1.165) is 37.9 Å². The normalized spacial score (nSPS) is 28.5. The van der Waals surface area contributed by atoms with Crippen LogP contribution in [0.5, 0.6) is 0 Å². The highest BCUT2D eigenvalue weighted by Gasteiger charge is 2.31. The highest BCUT2D eigenvalue weighted by molar-refractivity contribution is 5.59. The van der Waals surface area contributed by atoms with E-state index in [1.807, 2.05) is 6.07 Å². The Balaban J connectivity index is 1.88. The van der Waals surface area contributed by atoms with Gasteiger partial charge in [0.2, 0.25) is 0 Å². The Morgan fingerprint density at radius 1 is 1.31 bits per heavy atom. The maximum atomic E-state index is 13.2. The molecule has 1 aliphatic heterocycles. The predicted molar refractivity (Wildman–Crippen MR) is 63.1 cm³/mol. The summed E-state index contributed by atoms with van der Waals surface area (Å²) in [5.74, 6) is -0.132. The summed E-state index contributed by atoms with van der Waals surface area (Å²) in [7, 11) is 0. The molecule has 0 saturated heterocycles. The first-order valence-corrected chi connectivity index (χ1v) is 6.04. The van der Waals surface area contributed by atoms with Crippen molar-refractivity contribution >= 4 is 5.69 Å². The van der Waals surface area contributed by atoms with E-state index in [1.54, 1.807) is 12.1 Å². The number of rotatable bonds is 1. The number of hydrogen-bond donors (Lipinski definition) is 1. The summed E-state index contributed by atoms with van der Waals surface area (Å²) in [5, 5.41) is 0. The van der Waals surface area contributed by atoms with Gasteiger partial charge in [0.25, 0.3) is 0 Å². The standard InChI is InChI=1S/C13H17FN2/c14-10-2-1-9-5-6-16(13(9)7-10)12-4-3-11(15)8-12/h1-2,7,11-12H,3-6,8,15H2. The number of benzene rings is 1. The molecule has 0 aromatic heterocycles. The average molecular weight is 220 g/mol. The molecule has 3 rings (SSSR count). The molecular weight excluding hydrogens is 203 g/mol. The lowest BCUT2D eigenvalue weighted by molar-refractivity contribution is 0.604. The summed E-state index contributed by atoms with van der Waals surface area (Å²) in [6.07, 6.45) is 4.35. The highest BCUT2D eigenvalue weighted by Crippen LogP contribution is 2.35. The smallest absolute Gasteiger partial charge is 0.125 e. The van der Waals surface area contributed by atoms with E-state index in [0.29, 0.717) is 12.1 Å². The molecule has 86 valence electrons. The number of nitrogens with zero attached hydrogens (tertiary/aromatic N) is 1. The van der Waals surface area contributed by atoms with E-state index in [1.165, 1.54) is 5.56 Å². The minimum Gasteiger partial charge on any atom is -0.368 e. The van der Waals surface area contributed by atoms with Crippen LogP contribution in [-0.2, 0) is 6.42 Å².